The first-order valence-corrected chi connectivity index (χ1v) is 13.2. The second-order valence-corrected chi connectivity index (χ2v) is 12.5. The number of rotatable bonds is 4. The van der Waals surface area contributed by atoms with Crippen LogP contribution in [0.5, 0.6) is 0 Å². The van der Waals surface area contributed by atoms with Crippen LogP contribution < -0.4 is 0 Å². The number of hydrogen-bond acceptors (Lipinski definition) is 9. The van der Waals surface area contributed by atoms with Crippen LogP contribution >= 0.6 is 0 Å². The first-order chi connectivity index (χ1) is 17.7. The van der Waals surface area contributed by atoms with Gasteiger partial charge in [0.1, 0.15) is 12.2 Å². The fourth-order valence-electron chi connectivity index (χ4n) is 8.45. The smallest absolute Gasteiger partial charge is 0.307 e. The molecule has 2 bridgehead atoms. The Morgan fingerprint density at radius 2 is 1.87 bits per heavy atom. The number of methoxy groups -OCH3 is 1. The van der Waals surface area contributed by atoms with Crippen molar-refractivity contribution in [3.05, 3.63) is 35.8 Å². The quantitative estimate of drug-likeness (QED) is 0.353. The molecule has 0 radical (unpaired) electrons. The van der Waals surface area contributed by atoms with E-state index in [0.717, 1.165) is 11.1 Å². The molecule has 206 valence electrons. The first-order valence-electron chi connectivity index (χ1n) is 13.2. The number of allylic oxidation sites excluding steroid dienone is 1. The second-order valence-electron chi connectivity index (χ2n) is 12.5. The molecule has 2 unspecified atom stereocenters. The minimum absolute atomic E-state index is 0.0784. The molecule has 0 spiro atoms. The Bertz CT molecular complexity index is 1210. The summed E-state index contributed by atoms with van der Waals surface area (Å²) in [5.41, 5.74) is -3.22. The number of Topliss-reactive ketones (excluding diaryl/α,β-unsaturated/α-hetero) is 1. The Balaban J connectivity index is 1.71. The van der Waals surface area contributed by atoms with E-state index in [9.17, 15) is 24.3 Å². The molecule has 9 nitrogen and oxygen atoms in total. The van der Waals surface area contributed by atoms with Gasteiger partial charge in [0.2, 0.25) is 0 Å². The highest BCUT2D eigenvalue weighted by Gasteiger charge is 2.73. The van der Waals surface area contributed by atoms with Crippen LogP contribution in [0.15, 0.2) is 34.7 Å². The average molecular weight is 529 g/mol. The Morgan fingerprint density at radius 3 is 2.47 bits per heavy atom. The summed E-state index contributed by atoms with van der Waals surface area (Å²) in [5.74, 6) is -3.22. The van der Waals surface area contributed by atoms with Crippen molar-refractivity contribution in [1.29, 1.82) is 0 Å². The lowest BCUT2D eigenvalue weighted by atomic mass is 9.39. The van der Waals surface area contributed by atoms with Gasteiger partial charge in [0, 0.05) is 35.2 Å². The molecule has 1 N–H and O–H groups in total. The van der Waals surface area contributed by atoms with E-state index in [1.807, 2.05) is 20.8 Å². The number of ketones is 1. The lowest BCUT2D eigenvalue weighted by Crippen LogP contribution is -2.74. The molecule has 8 atom stereocenters. The van der Waals surface area contributed by atoms with Gasteiger partial charge in [-0.1, -0.05) is 33.3 Å². The highest BCUT2D eigenvalue weighted by atomic mass is 16.6. The second kappa shape index (κ2) is 8.53. The monoisotopic (exact) mass is 528 g/mol. The van der Waals surface area contributed by atoms with Gasteiger partial charge in [-0.2, -0.15) is 0 Å². The Kier molecular flexibility index (Phi) is 5.98. The zero-order valence-corrected chi connectivity index (χ0v) is 22.7. The highest BCUT2D eigenvalue weighted by Crippen LogP contribution is 2.68. The van der Waals surface area contributed by atoms with Crippen LogP contribution in [0.2, 0.25) is 0 Å². The highest BCUT2D eigenvalue weighted by molar-refractivity contribution is 5.99. The minimum atomic E-state index is -2.12. The maximum Gasteiger partial charge on any atom is 0.307 e. The van der Waals surface area contributed by atoms with Crippen LogP contribution in [0, 0.1) is 34.0 Å². The van der Waals surface area contributed by atoms with E-state index in [1.54, 1.807) is 18.4 Å². The Hall–Kier alpha value is -2.94. The zero-order valence-electron chi connectivity index (χ0n) is 22.7. The summed E-state index contributed by atoms with van der Waals surface area (Å²) in [6.45, 7) is 8.76. The molecular weight excluding hydrogens is 492 g/mol. The molecule has 1 aromatic heterocycles. The molecule has 1 saturated heterocycles. The molecule has 0 amide bonds. The fraction of sp³-hybridized carbons (Fsp3) is 0.655. The topological polar surface area (TPSA) is 129 Å². The number of esters is 3. The number of aliphatic hydroxyl groups is 1. The molecule has 4 aliphatic rings. The minimum Gasteiger partial charge on any atom is -0.472 e. The SMILES string of the molecule is COC(=O)C[C@H]1C(C)(C)[C@H](OC(C)=O)[C@@]2(O)C=C3C(CC[C@]4(C)C3CC(=O)O[C@H]4c3ccoc3)[C@]1(C)C2=O. The summed E-state index contributed by atoms with van der Waals surface area (Å²) in [4.78, 5) is 52.1. The summed E-state index contributed by atoms with van der Waals surface area (Å²) >= 11 is 0. The largest absolute Gasteiger partial charge is 0.472 e. The molecule has 5 rings (SSSR count). The summed E-state index contributed by atoms with van der Waals surface area (Å²) in [7, 11) is 1.30. The van der Waals surface area contributed by atoms with Crippen molar-refractivity contribution in [2.24, 2.45) is 34.0 Å². The fourth-order valence-corrected chi connectivity index (χ4v) is 8.45. The summed E-state index contributed by atoms with van der Waals surface area (Å²) in [6.07, 6.45) is 4.16. The Morgan fingerprint density at radius 1 is 1.16 bits per heavy atom. The van der Waals surface area contributed by atoms with Crippen LogP contribution in [0.4, 0.5) is 0 Å². The van der Waals surface area contributed by atoms with Gasteiger partial charge in [-0.15, -0.1) is 0 Å². The summed E-state index contributed by atoms with van der Waals surface area (Å²) in [6, 6.07) is 1.78. The van der Waals surface area contributed by atoms with Crippen molar-refractivity contribution in [1.82, 2.24) is 0 Å². The van der Waals surface area contributed by atoms with Gasteiger partial charge in [-0.3, -0.25) is 19.2 Å². The van der Waals surface area contributed by atoms with E-state index in [-0.39, 0.29) is 30.6 Å². The van der Waals surface area contributed by atoms with E-state index in [0.29, 0.717) is 12.8 Å². The molecule has 9 heteroatoms. The number of cyclic esters (lactones) is 1. The average Bonchev–Trinajstić information content (AvgIpc) is 3.38. The van der Waals surface area contributed by atoms with E-state index < -0.39 is 57.7 Å². The molecule has 38 heavy (non-hydrogen) atoms. The van der Waals surface area contributed by atoms with Crippen molar-refractivity contribution in [3.63, 3.8) is 0 Å². The van der Waals surface area contributed by atoms with Crippen LogP contribution in [0.1, 0.15) is 72.0 Å². The third-order valence-electron chi connectivity index (χ3n) is 10.2. The molecule has 3 aliphatic carbocycles. The number of fused-ring (bicyclic) bond motifs is 6. The number of hydrogen-bond donors (Lipinski definition) is 1. The zero-order chi connectivity index (χ0) is 27.8. The number of ether oxygens (including phenoxy) is 3. The number of furan rings is 1. The number of carbonyl (C=O) groups excluding carboxylic acids is 4. The molecule has 2 heterocycles. The lowest BCUT2D eigenvalue weighted by molar-refractivity contribution is -0.224. The Labute approximate surface area is 221 Å². The van der Waals surface area contributed by atoms with Crippen molar-refractivity contribution in [3.8, 4) is 0 Å². The molecule has 2 saturated carbocycles. The standard InChI is InChI=1S/C29H36O9/c1-15(30)37-25-26(2,3)20(12-21(31)35-6)28(5)18-7-9-27(4)19(17(18)13-29(25,34)24(28)33)11-22(32)38-23(27)16-8-10-36-14-16/h8,10,13-14,18-20,23,25,34H,7,9,11-12H2,1-6H3/t18?,19?,20-,23-,25-,27+,28-,29+/m0/s1. The van der Waals surface area contributed by atoms with Crippen LogP contribution in [0.25, 0.3) is 0 Å². The van der Waals surface area contributed by atoms with Crippen molar-refractivity contribution in [2.45, 2.75) is 78.1 Å². The molecule has 1 aliphatic heterocycles. The normalized spacial score (nSPS) is 41.2. The van der Waals surface area contributed by atoms with E-state index in [1.165, 1.54) is 20.3 Å². The predicted molar refractivity (Wildman–Crippen MR) is 132 cm³/mol. The van der Waals surface area contributed by atoms with E-state index in [4.69, 9.17) is 18.6 Å². The molecular formula is C29H36O9. The van der Waals surface area contributed by atoms with Crippen LogP contribution in [0.3, 0.4) is 0 Å². The third kappa shape index (κ3) is 3.46. The van der Waals surface area contributed by atoms with Gasteiger partial charge >= 0.3 is 17.9 Å². The molecule has 0 aromatic carbocycles. The summed E-state index contributed by atoms with van der Waals surface area (Å²) in [5, 5.41) is 12.2. The van der Waals surface area contributed by atoms with Gasteiger partial charge in [0.25, 0.3) is 0 Å². The lowest BCUT2D eigenvalue weighted by Gasteiger charge is -2.65. The van der Waals surface area contributed by atoms with Crippen molar-refractivity contribution < 1.29 is 42.9 Å². The number of carbonyl (C=O) groups is 4. The van der Waals surface area contributed by atoms with Gasteiger partial charge in [0.15, 0.2) is 11.4 Å². The van der Waals surface area contributed by atoms with E-state index in [2.05, 4.69) is 6.92 Å². The first kappa shape index (κ1) is 26.7. The molecule has 1 aromatic rings. The maximum atomic E-state index is 14.3. The maximum absolute atomic E-state index is 14.3. The van der Waals surface area contributed by atoms with E-state index >= 15 is 0 Å². The van der Waals surface area contributed by atoms with Gasteiger partial charge < -0.3 is 23.7 Å². The van der Waals surface area contributed by atoms with Gasteiger partial charge in [0.05, 0.1) is 26.1 Å². The van der Waals surface area contributed by atoms with Gasteiger partial charge in [-0.25, -0.2) is 0 Å². The third-order valence-corrected chi connectivity index (χ3v) is 10.2. The van der Waals surface area contributed by atoms with Crippen LogP contribution in [-0.2, 0) is 33.4 Å². The predicted octanol–water partition coefficient (Wildman–Crippen LogP) is 3.70. The molecule has 3 fully saturated rings. The van der Waals surface area contributed by atoms with Crippen molar-refractivity contribution >= 4 is 23.7 Å². The van der Waals surface area contributed by atoms with Crippen LogP contribution in [-0.4, -0.2) is 47.6 Å². The van der Waals surface area contributed by atoms with Gasteiger partial charge in [-0.05, 0) is 42.7 Å². The summed E-state index contributed by atoms with van der Waals surface area (Å²) < 4.78 is 21.8. The van der Waals surface area contributed by atoms with Crippen molar-refractivity contribution in [2.75, 3.05) is 7.11 Å².